The molecule has 0 bridgehead atoms. The van der Waals surface area contributed by atoms with E-state index in [1.54, 1.807) is 11.1 Å². The summed E-state index contributed by atoms with van der Waals surface area (Å²) in [5.41, 5.74) is 0.400. The summed E-state index contributed by atoms with van der Waals surface area (Å²) in [7, 11) is -3.32. The van der Waals surface area contributed by atoms with Gasteiger partial charge in [-0.15, -0.1) is 0 Å². The number of hydrogen-bond donors (Lipinski definition) is 0. The van der Waals surface area contributed by atoms with Crippen LogP contribution in [-0.4, -0.2) is 67.0 Å². The van der Waals surface area contributed by atoms with E-state index in [0.29, 0.717) is 11.8 Å². The standard InChI is InChI=1S/C22H35N3O5S/c1-22(2,3)30-21(26)25-11-9-16(10-12-25)15-29-18-7-5-17(6-8-18)19-13-24-20(14-23-19)31(4,27)28/h13-14,16-18H,5-12,15H2,1-4H3/t17-,18+. The quantitative estimate of drug-likeness (QED) is 0.672. The van der Waals surface area contributed by atoms with Crippen LogP contribution in [0.3, 0.4) is 0 Å². The fourth-order valence-electron chi connectivity index (χ4n) is 4.13. The maximum absolute atomic E-state index is 12.2. The minimum atomic E-state index is -3.32. The van der Waals surface area contributed by atoms with Crippen molar-refractivity contribution < 1.29 is 22.7 Å². The van der Waals surface area contributed by atoms with Gasteiger partial charge in [0.15, 0.2) is 14.9 Å². The number of amides is 1. The molecule has 1 saturated heterocycles. The van der Waals surface area contributed by atoms with Gasteiger partial charge in [0.1, 0.15) is 5.60 Å². The maximum atomic E-state index is 12.2. The van der Waals surface area contributed by atoms with Crippen LogP contribution in [0, 0.1) is 5.92 Å². The van der Waals surface area contributed by atoms with Gasteiger partial charge in [-0.1, -0.05) is 0 Å². The van der Waals surface area contributed by atoms with E-state index in [1.165, 1.54) is 6.20 Å². The predicted octanol–water partition coefficient (Wildman–Crippen LogP) is 3.57. The van der Waals surface area contributed by atoms with Crippen molar-refractivity contribution in [2.75, 3.05) is 26.0 Å². The Morgan fingerprint density at radius 3 is 2.23 bits per heavy atom. The summed E-state index contributed by atoms with van der Waals surface area (Å²) in [6, 6.07) is 0. The fourth-order valence-corrected chi connectivity index (χ4v) is 4.62. The summed E-state index contributed by atoms with van der Waals surface area (Å²) in [5.74, 6) is 0.781. The molecule has 0 aromatic carbocycles. The molecule has 0 N–H and O–H groups in total. The van der Waals surface area contributed by atoms with Gasteiger partial charge in [0.25, 0.3) is 0 Å². The van der Waals surface area contributed by atoms with E-state index in [-0.39, 0.29) is 17.2 Å². The Bertz CT molecular complexity index is 835. The first-order valence-electron chi connectivity index (χ1n) is 11.1. The van der Waals surface area contributed by atoms with Gasteiger partial charge in [-0.05, 0) is 65.2 Å². The van der Waals surface area contributed by atoms with Gasteiger partial charge in [0.05, 0.1) is 24.2 Å². The molecule has 9 heteroatoms. The molecule has 8 nitrogen and oxygen atoms in total. The van der Waals surface area contributed by atoms with Crippen molar-refractivity contribution in [3.63, 3.8) is 0 Å². The number of carbonyl (C=O) groups is 1. The van der Waals surface area contributed by atoms with Crippen molar-refractivity contribution in [2.24, 2.45) is 5.92 Å². The average molecular weight is 454 g/mol. The minimum absolute atomic E-state index is 0.0194. The highest BCUT2D eigenvalue weighted by molar-refractivity contribution is 7.90. The van der Waals surface area contributed by atoms with E-state index in [9.17, 15) is 13.2 Å². The number of aromatic nitrogens is 2. The molecule has 0 atom stereocenters. The molecule has 3 rings (SSSR count). The van der Waals surface area contributed by atoms with Crippen LogP contribution in [0.15, 0.2) is 17.4 Å². The van der Waals surface area contributed by atoms with E-state index in [0.717, 1.165) is 70.2 Å². The Balaban J connectivity index is 1.37. The SMILES string of the molecule is CC(C)(C)OC(=O)N1CCC(CO[C@H]2CC[C@@H](c3cnc(S(C)(=O)=O)cn3)CC2)CC1. The number of rotatable bonds is 5. The number of piperidine rings is 1. The van der Waals surface area contributed by atoms with Crippen LogP contribution in [0.1, 0.15) is 70.9 Å². The molecule has 2 heterocycles. The predicted molar refractivity (Wildman–Crippen MR) is 117 cm³/mol. The lowest BCUT2D eigenvalue weighted by Gasteiger charge is -2.34. The molecular weight excluding hydrogens is 418 g/mol. The first-order valence-corrected chi connectivity index (χ1v) is 13.0. The maximum Gasteiger partial charge on any atom is 0.410 e. The molecule has 1 aromatic heterocycles. The molecule has 1 saturated carbocycles. The minimum Gasteiger partial charge on any atom is -0.444 e. The normalized spacial score (nSPS) is 23.5. The zero-order valence-corrected chi connectivity index (χ0v) is 19.9. The number of likely N-dealkylation sites (tertiary alicyclic amines) is 1. The van der Waals surface area contributed by atoms with Crippen LogP contribution >= 0.6 is 0 Å². The highest BCUT2D eigenvalue weighted by Crippen LogP contribution is 2.33. The van der Waals surface area contributed by atoms with Crippen LogP contribution in [-0.2, 0) is 19.3 Å². The van der Waals surface area contributed by atoms with E-state index in [1.807, 2.05) is 20.8 Å². The molecule has 0 spiro atoms. The van der Waals surface area contributed by atoms with Crippen molar-refractivity contribution in [1.29, 1.82) is 0 Å². The lowest BCUT2D eigenvalue weighted by Crippen LogP contribution is -2.42. The van der Waals surface area contributed by atoms with Crippen molar-refractivity contribution in [2.45, 2.75) is 81.9 Å². The third-order valence-electron chi connectivity index (χ3n) is 5.95. The summed E-state index contributed by atoms with van der Waals surface area (Å²) in [6.45, 7) is 7.84. The number of nitrogens with zero attached hydrogens (tertiary/aromatic N) is 3. The number of ether oxygens (including phenoxy) is 2. The Kier molecular flexibility index (Phi) is 7.57. The molecule has 1 aromatic rings. The van der Waals surface area contributed by atoms with E-state index >= 15 is 0 Å². The lowest BCUT2D eigenvalue weighted by molar-refractivity contribution is -0.0145. The second kappa shape index (κ2) is 9.81. The van der Waals surface area contributed by atoms with Crippen molar-refractivity contribution in [3.8, 4) is 0 Å². The molecule has 2 fully saturated rings. The zero-order valence-electron chi connectivity index (χ0n) is 19.0. The summed E-state index contributed by atoms with van der Waals surface area (Å²) in [4.78, 5) is 22.4. The lowest BCUT2D eigenvalue weighted by atomic mass is 9.85. The van der Waals surface area contributed by atoms with Crippen molar-refractivity contribution >= 4 is 15.9 Å². The highest BCUT2D eigenvalue weighted by Gasteiger charge is 2.29. The average Bonchev–Trinajstić information content (AvgIpc) is 2.71. The Hall–Kier alpha value is -1.74. The smallest absolute Gasteiger partial charge is 0.410 e. The van der Waals surface area contributed by atoms with Crippen LogP contribution < -0.4 is 0 Å². The topological polar surface area (TPSA) is 98.7 Å². The van der Waals surface area contributed by atoms with Crippen molar-refractivity contribution in [3.05, 3.63) is 18.1 Å². The number of carbonyl (C=O) groups excluding carboxylic acids is 1. The first kappa shape index (κ1) is 23.9. The second-order valence-electron chi connectivity index (χ2n) is 9.77. The van der Waals surface area contributed by atoms with Crippen LogP contribution in [0.25, 0.3) is 0 Å². The molecule has 1 aliphatic carbocycles. The van der Waals surface area contributed by atoms with Gasteiger partial charge in [0.2, 0.25) is 0 Å². The molecule has 0 unspecified atom stereocenters. The third kappa shape index (κ3) is 7.14. The Morgan fingerprint density at radius 2 is 1.71 bits per heavy atom. The Morgan fingerprint density at radius 1 is 1.06 bits per heavy atom. The summed E-state index contributed by atoms with van der Waals surface area (Å²) in [6.07, 6.45) is 9.88. The summed E-state index contributed by atoms with van der Waals surface area (Å²) >= 11 is 0. The van der Waals surface area contributed by atoms with E-state index in [2.05, 4.69) is 9.97 Å². The monoisotopic (exact) mass is 453 g/mol. The van der Waals surface area contributed by atoms with Gasteiger partial charge in [-0.25, -0.2) is 18.2 Å². The van der Waals surface area contributed by atoms with Crippen molar-refractivity contribution in [1.82, 2.24) is 14.9 Å². The molecule has 174 valence electrons. The molecule has 1 amide bonds. The molecule has 31 heavy (non-hydrogen) atoms. The van der Waals surface area contributed by atoms with E-state index in [4.69, 9.17) is 9.47 Å². The molecular formula is C22H35N3O5S. The van der Waals surface area contributed by atoms with Crippen LogP contribution in [0.4, 0.5) is 4.79 Å². The van der Waals surface area contributed by atoms with Gasteiger partial charge >= 0.3 is 6.09 Å². The molecule has 0 radical (unpaired) electrons. The molecule has 1 aliphatic heterocycles. The van der Waals surface area contributed by atoms with E-state index < -0.39 is 15.4 Å². The Labute approximate surface area is 185 Å². The highest BCUT2D eigenvalue weighted by atomic mass is 32.2. The molecule has 2 aliphatic rings. The van der Waals surface area contributed by atoms with Gasteiger partial charge in [-0.3, -0.25) is 4.98 Å². The van der Waals surface area contributed by atoms with Gasteiger partial charge < -0.3 is 14.4 Å². The third-order valence-corrected chi connectivity index (χ3v) is 6.92. The number of sulfone groups is 1. The van der Waals surface area contributed by atoms with Gasteiger partial charge in [-0.2, -0.15) is 0 Å². The summed E-state index contributed by atoms with van der Waals surface area (Å²) < 4.78 is 34.7. The first-order chi connectivity index (χ1) is 14.5. The fraction of sp³-hybridized carbons (Fsp3) is 0.773. The number of hydrogen-bond acceptors (Lipinski definition) is 7. The second-order valence-corrected chi connectivity index (χ2v) is 11.7. The van der Waals surface area contributed by atoms with Crippen LogP contribution in [0.2, 0.25) is 0 Å². The van der Waals surface area contributed by atoms with Gasteiger partial charge in [0, 0.05) is 31.9 Å². The summed E-state index contributed by atoms with van der Waals surface area (Å²) in [5, 5.41) is 0.0194. The van der Waals surface area contributed by atoms with Crippen LogP contribution in [0.5, 0.6) is 0 Å². The zero-order chi connectivity index (χ0) is 22.6. The largest absolute Gasteiger partial charge is 0.444 e.